The SMILES string of the molecule is O=C1CCC(=O)N1[C@@]1(CN2CCCC2)CC1(O)c1ccc2c(c1)OCCO2. The lowest BCUT2D eigenvalue weighted by Crippen LogP contribution is -2.52. The lowest BCUT2D eigenvalue weighted by Gasteiger charge is -2.34. The molecule has 0 aromatic heterocycles. The number of amides is 2. The van der Waals surface area contributed by atoms with Gasteiger partial charge in [-0.15, -0.1) is 0 Å². The Hall–Kier alpha value is -2.12. The van der Waals surface area contributed by atoms with E-state index < -0.39 is 11.1 Å². The molecule has 1 N–H and O–H groups in total. The Morgan fingerprint density at radius 2 is 1.67 bits per heavy atom. The summed E-state index contributed by atoms with van der Waals surface area (Å²) in [6, 6.07) is 5.42. The number of carbonyl (C=O) groups is 2. The van der Waals surface area contributed by atoms with Crippen molar-refractivity contribution in [1.29, 1.82) is 0 Å². The van der Waals surface area contributed by atoms with Crippen molar-refractivity contribution in [3.8, 4) is 11.5 Å². The van der Waals surface area contributed by atoms with E-state index in [4.69, 9.17) is 9.47 Å². The second kappa shape index (κ2) is 5.94. The molecule has 4 aliphatic rings. The average molecular weight is 372 g/mol. The maximum atomic E-state index is 12.5. The Morgan fingerprint density at radius 3 is 2.37 bits per heavy atom. The van der Waals surface area contributed by atoms with Crippen molar-refractivity contribution in [2.75, 3.05) is 32.8 Å². The van der Waals surface area contributed by atoms with Crippen LogP contribution >= 0.6 is 0 Å². The van der Waals surface area contributed by atoms with E-state index in [9.17, 15) is 14.7 Å². The van der Waals surface area contributed by atoms with E-state index in [0.29, 0.717) is 43.2 Å². The third kappa shape index (κ3) is 2.48. The van der Waals surface area contributed by atoms with Gasteiger partial charge in [0.1, 0.15) is 18.8 Å². The van der Waals surface area contributed by atoms with Crippen LogP contribution < -0.4 is 9.47 Å². The van der Waals surface area contributed by atoms with E-state index in [0.717, 1.165) is 25.9 Å². The summed E-state index contributed by atoms with van der Waals surface area (Å²) < 4.78 is 11.2. The minimum Gasteiger partial charge on any atom is -0.486 e. The molecule has 5 rings (SSSR count). The van der Waals surface area contributed by atoms with Gasteiger partial charge in [-0.3, -0.25) is 14.5 Å². The summed E-state index contributed by atoms with van der Waals surface area (Å²) in [4.78, 5) is 28.7. The minimum absolute atomic E-state index is 0.173. The average Bonchev–Trinajstić information content (AvgIpc) is 2.99. The highest BCUT2D eigenvalue weighted by molar-refractivity contribution is 6.03. The molecule has 0 radical (unpaired) electrons. The molecule has 0 bridgehead atoms. The summed E-state index contributed by atoms with van der Waals surface area (Å²) in [5.74, 6) is 0.918. The van der Waals surface area contributed by atoms with Crippen LogP contribution in [-0.4, -0.2) is 65.1 Å². The summed E-state index contributed by atoms with van der Waals surface area (Å²) in [7, 11) is 0. The molecule has 144 valence electrons. The van der Waals surface area contributed by atoms with Gasteiger partial charge in [0.05, 0.1) is 5.54 Å². The monoisotopic (exact) mass is 372 g/mol. The standard InChI is InChI=1S/C20H24N2O5/c23-17-5-6-18(24)22(17)19(13-21-7-1-2-8-21)12-20(19,25)14-3-4-15-16(11-14)27-10-9-26-15/h3-4,11,25H,1-2,5-10,12-13H2/t19-,20?/m1/s1. The van der Waals surface area contributed by atoms with Crippen molar-refractivity contribution in [2.45, 2.75) is 43.2 Å². The number of rotatable bonds is 4. The number of aliphatic hydroxyl groups is 1. The van der Waals surface area contributed by atoms with Gasteiger partial charge >= 0.3 is 0 Å². The highest BCUT2D eigenvalue weighted by Crippen LogP contribution is 2.61. The van der Waals surface area contributed by atoms with Crippen LogP contribution in [0, 0.1) is 0 Å². The van der Waals surface area contributed by atoms with E-state index >= 15 is 0 Å². The Labute approximate surface area is 157 Å². The van der Waals surface area contributed by atoms with Gasteiger partial charge in [0.25, 0.3) is 0 Å². The molecule has 3 heterocycles. The van der Waals surface area contributed by atoms with Gasteiger partial charge in [0.2, 0.25) is 11.8 Å². The molecule has 1 saturated carbocycles. The first-order valence-corrected chi connectivity index (χ1v) is 9.74. The van der Waals surface area contributed by atoms with Crippen LogP contribution in [0.2, 0.25) is 0 Å². The normalized spacial score (nSPS) is 33.0. The van der Waals surface area contributed by atoms with Crippen LogP contribution in [0.5, 0.6) is 11.5 Å². The lowest BCUT2D eigenvalue weighted by molar-refractivity contribution is -0.145. The molecule has 2 amide bonds. The van der Waals surface area contributed by atoms with Crippen LogP contribution in [0.3, 0.4) is 0 Å². The van der Waals surface area contributed by atoms with Crippen molar-refractivity contribution < 1.29 is 24.2 Å². The van der Waals surface area contributed by atoms with Gasteiger partial charge in [0, 0.05) is 25.8 Å². The summed E-state index contributed by atoms with van der Waals surface area (Å²) in [5.41, 5.74) is -1.45. The fourth-order valence-corrected chi connectivity index (χ4v) is 4.94. The Balaban J connectivity index is 1.52. The molecular formula is C20H24N2O5. The largest absolute Gasteiger partial charge is 0.486 e. The highest BCUT2D eigenvalue weighted by atomic mass is 16.6. The quantitative estimate of drug-likeness (QED) is 0.796. The molecular weight excluding hydrogens is 348 g/mol. The predicted molar refractivity (Wildman–Crippen MR) is 95.4 cm³/mol. The molecule has 3 aliphatic heterocycles. The molecule has 27 heavy (non-hydrogen) atoms. The number of likely N-dealkylation sites (tertiary alicyclic amines) is 2. The molecule has 1 aromatic carbocycles. The first-order chi connectivity index (χ1) is 13.0. The number of benzene rings is 1. The van der Waals surface area contributed by atoms with Crippen molar-refractivity contribution in [2.24, 2.45) is 0 Å². The van der Waals surface area contributed by atoms with Gasteiger partial charge in [-0.25, -0.2) is 0 Å². The molecule has 1 unspecified atom stereocenters. The number of fused-ring (bicyclic) bond motifs is 1. The zero-order valence-electron chi connectivity index (χ0n) is 15.3. The van der Waals surface area contributed by atoms with Gasteiger partial charge in [-0.05, 0) is 43.6 Å². The minimum atomic E-state index is -1.25. The fourth-order valence-electron chi connectivity index (χ4n) is 4.94. The first kappa shape index (κ1) is 17.0. The van der Waals surface area contributed by atoms with Crippen molar-refractivity contribution in [3.63, 3.8) is 0 Å². The number of nitrogens with zero attached hydrogens (tertiary/aromatic N) is 2. The van der Waals surface area contributed by atoms with Crippen LogP contribution in [0.15, 0.2) is 18.2 Å². The Bertz CT molecular complexity index is 790. The van der Waals surface area contributed by atoms with Crippen LogP contribution in [-0.2, 0) is 15.2 Å². The number of ether oxygens (including phenoxy) is 2. The molecule has 3 fully saturated rings. The molecule has 7 heteroatoms. The molecule has 7 nitrogen and oxygen atoms in total. The second-order valence-electron chi connectivity index (χ2n) is 8.03. The topological polar surface area (TPSA) is 79.3 Å². The number of carbonyl (C=O) groups excluding carboxylic acids is 2. The van der Waals surface area contributed by atoms with Crippen molar-refractivity contribution >= 4 is 11.8 Å². The third-order valence-electron chi connectivity index (χ3n) is 6.38. The number of hydrogen-bond donors (Lipinski definition) is 1. The molecule has 1 aliphatic carbocycles. The zero-order chi connectivity index (χ0) is 18.6. The summed E-state index contributed by atoms with van der Waals surface area (Å²) in [5, 5.41) is 11.6. The Morgan fingerprint density at radius 1 is 1.00 bits per heavy atom. The van der Waals surface area contributed by atoms with Crippen molar-refractivity contribution in [1.82, 2.24) is 9.80 Å². The summed E-state index contributed by atoms with van der Waals surface area (Å²) in [6.07, 6.45) is 3.06. The first-order valence-electron chi connectivity index (χ1n) is 9.74. The van der Waals surface area contributed by atoms with Crippen molar-refractivity contribution in [3.05, 3.63) is 23.8 Å². The lowest BCUT2D eigenvalue weighted by atomic mass is 9.99. The number of imide groups is 1. The van der Waals surface area contributed by atoms with E-state index in [1.165, 1.54) is 4.90 Å². The Kier molecular flexibility index (Phi) is 3.74. The van der Waals surface area contributed by atoms with Crippen LogP contribution in [0.25, 0.3) is 0 Å². The molecule has 2 saturated heterocycles. The fraction of sp³-hybridized carbons (Fsp3) is 0.600. The van der Waals surface area contributed by atoms with E-state index in [-0.39, 0.29) is 24.7 Å². The van der Waals surface area contributed by atoms with E-state index in [2.05, 4.69) is 4.90 Å². The maximum Gasteiger partial charge on any atom is 0.230 e. The molecule has 2 atom stereocenters. The van der Waals surface area contributed by atoms with Gasteiger partial charge in [0.15, 0.2) is 11.5 Å². The van der Waals surface area contributed by atoms with Crippen LogP contribution in [0.1, 0.15) is 37.7 Å². The number of hydrogen-bond acceptors (Lipinski definition) is 6. The van der Waals surface area contributed by atoms with Gasteiger partial charge in [-0.2, -0.15) is 0 Å². The second-order valence-corrected chi connectivity index (χ2v) is 8.03. The van der Waals surface area contributed by atoms with Gasteiger partial charge in [-0.1, -0.05) is 6.07 Å². The van der Waals surface area contributed by atoms with E-state index in [1.807, 2.05) is 6.07 Å². The van der Waals surface area contributed by atoms with Gasteiger partial charge < -0.3 is 19.5 Å². The summed E-state index contributed by atoms with van der Waals surface area (Å²) in [6.45, 7) is 3.38. The summed E-state index contributed by atoms with van der Waals surface area (Å²) >= 11 is 0. The smallest absolute Gasteiger partial charge is 0.230 e. The zero-order valence-corrected chi connectivity index (χ0v) is 15.3. The highest BCUT2D eigenvalue weighted by Gasteiger charge is 2.74. The predicted octanol–water partition coefficient (Wildman–Crippen LogP) is 1.03. The van der Waals surface area contributed by atoms with E-state index in [1.54, 1.807) is 12.1 Å². The maximum absolute atomic E-state index is 12.5. The van der Waals surface area contributed by atoms with Crippen LogP contribution in [0.4, 0.5) is 0 Å². The molecule has 0 spiro atoms. The molecule has 1 aromatic rings. The third-order valence-corrected chi connectivity index (χ3v) is 6.38.